The second kappa shape index (κ2) is 10.2. The minimum absolute atomic E-state index is 0. The van der Waals surface area contributed by atoms with Gasteiger partial charge in [-0.15, -0.1) is 0 Å². The average molecular weight is 224 g/mol. The maximum absolute atomic E-state index is 11.4. The molecule has 1 aromatic carbocycles. The maximum Gasteiger partial charge on any atom is 0.482 e. The van der Waals surface area contributed by atoms with Crippen LogP contribution in [0.3, 0.4) is 0 Å². The summed E-state index contributed by atoms with van der Waals surface area (Å²) in [5.41, 5.74) is 0.679. The van der Waals surface area contributed by atoms with E-state index >= 15 is 0 Å². The van der Waals surface area contributed by atoms with Gasteiger partial charge in [0.2, 0.25) is 0 Å². The monoisotopic (exact) mass is 224 g/mol. The Morgan fingerprint density at radius 2 is 1.94 bits per heavy atom. The molecule has 87 valence electrons. The van der Waals surface area contributed by atoms with Gasteiger partial charge in [0.05, 0.1) is 6.61 Å². The van der Waals surface area contributed by atoms with E-state index in [0.29, 0.717) is 18.7 Å². The van der Waals surface area contributed by atoms with Crippen molar-refractivity contribution < 1.29 is 19.6 Å². The van der Waals surface area contributed by atoms with Gasteiger partial charge in [-0.25, -0.2) is 0 Å². The number of rotatable bonds is 4. The van der Waals surface area contributed by atoms with E-state index in [9.17, 15) is 4.79 Å². The van der Waals surface area contributed by atoms with Gasteiger partial charge >= 0.3 is 7.69 Å². The van der Waals surface area contributed by atoms with Crippen molar-refractivity contribution in [2.24, 2.45) is 0 Å². The van der Waals surface area contributed by atoms with Crippen LogP contribution in [0.2, 0.25) is 0 Å². The van der Waals surface area contributed by atoms with Gasteiger partial charge in [0.15, 0.2) is 0 Å². The van der Waals surface area contributed by atoms with E-state index in [1.54, 1.807) is 19.2 Å². The topological polar surface area (TPSA) is 78.8 Å². The Hall–Kier alpha value is -1.37. The normalized spacial score (nSPS) is 8.69. The largest absolute Gasteiger partial charge is 0.482 e. The molecule has 0 fully saturated rings. The molecule has 0 saturated carbocycles. The highest BCUT2D eigenvalue weighted by molar-refractivity contribution is 6.13. The van der Waals surface area contributed by atoms with E-state index < -0.39 is 0 Å². The summed E-state index contributed by atoms with van der Waals surface area (Å²) in [7, 11) is 1.61. The second-order valence-electron chi connectivity index (χ2n) is 2.73. The van der Waals surface area contributed by atoms with Crippen LogP contribution in [0.1, 0.15) is 10.4 Å². The highest BCUT2D eigenvalue weighted by Crippen LogP contribution is 1.96. The van der Waals surface area contributed by atoms with Gasteiger partial charge in [0.1, 0.15) is 0 Å². The molecule has 0 aromatic heterocycles. The number of hydrogen-bond acceptors (Lipinski definition) is 4. The Kier molecular flexibility index (Phi) is 9.30. The van der Waals surface area contributed by atoms with Crippen molar-refractivity contribution in [3.63, 3.8) is 0 Å². The molecule has 5 nitrogen and oxygen atoms in total. The molecule has 1 aromatic rings. The zero-order valence-electron chi connectivity index (χ0n) is 9.09. The number of nitrogens with one attached hydrogen (secondary N) is 1. The Morgan fingerprint density at radius 3 is 2.44 bits per heavy atom. The average Bonchev–Trinajstić information content (AvgIpc) is 2.31. The highest BCUT2D eigenvalue weighted by Gasteiger charge is 2.01. The van der Waals surface area contributed by atoms with Gasteiger partial charge in [-0.1, -0.05) is 18.2 Å². The summed E-state index contributed by atoms with van der Waals surface area (Å²) in [6.07, 6.45) is 0. The van der Waals surface area contributed by atoms with Crippen LogP contribution in [-0.4, -0.2) is 43.9 Å². The Bertz CT molecular complexity index is 281. The van der Waals surface area contributed by atoms with Crippen LogP contribution in [0.25, 0.3) is 0 Å². The first-order valence-corrected chi connectivity index (χ1v) is 4.68. The van der Waals surface area contributed by atoms with Gasteiger partial charge in [-0.05, 0) is 12.1 Å². The Balaban J connectivity index is 0.000000673. The van der Waals surface area contributed by atoms with E-state index in [0.717, 1.165) is 0 Å². The Morgan fingerprint density at radius 1 is 1.38 bits per heavy atom. The van der Waals surface area contributed by atoms with E-state index in [2.05, 4.69) is 5.32 Å². The van der Waals surface area contributed by atoms with E-state index in [1.165, 1.54) is 0 Å². The standard InChI is InChI=1S/C10H13NO2.BH2O2/c1-13-8-7-11-10(12)9-5-3-2-4-6-9;2-1-3/h2-6H,7-8H2,1H3,(H,11,12);2-3H. The number of hydrogen-bond donors (Lipinski definition) is 3. The molecule has 0 heterocycles. The van der Waals surface area contributed by atoms with Crippen LogP contribution in [0.5, 0.6) is 0 Å². The van der Waals surface area contributed by atoms with Crippen LogP contribution < -0.4 is 5.32 Å². The summed E-state index contributed by atoms with van der Waals surface area (Å²) in [6.45, 7) is 1.09. The van der Waals surface area contributed by atoms with Crippen molar-refractivity contribution >= 4 is 13.6 Å². The van der Waals surface area contributed by atoms with Crippen LogP contribution in [0.15, 0.2) is 30.3 Å². The van der Waals surface area contributed by atoms with Crippen LogP contribution in [-0.2, 0) is 4.74 Å². The van der Waals surface area contributed by atoms with Gasteiger partial charge in [0, 0.05) is 19.2 Å². The predicted molar refractivity (Wildman–Crippen MR) is 60.8 cm³/mol. The third-order valence-corrected chi connectivity index (χ3v) is 1.63. The SMILES string of the molecule is COCCNC(=O)c1ccccc1.O[B]O. The van der Waals surface area contributed by atoms with Crippen molar-refractivity contribution in [1.29, 1.82) is 0 Å². The molecule has 16 heavy (non-hydrogen) atoms. The van der Waals surface area contributed by atoms with Crippen molar-refractivity contribution in [3.05, 3.63) is 35.9 Å². The highest BCUT2D eigenvalue weighted by atomic mass is 16.5. The van der Waals surface area contributed by atoms with Gasteiger partial charge in [0.25, 0.3) is 5.91 Å². The summed E-state index contributed by atoms with van der Waals surface area (Å²) in [5.74, 6) is -0.0577. The summed E-state index contributed by atoms with van der Waals surface area (Å²) >= 11 is 0. The summed E-state index contributed by atoms with van der Waals surface area (Å²) in [5, 5.41) is 16.7. The molecule has 0 spiro atoms. The van der Waals surface area contributed by atoms with Crippen molar-refractivity contribution in [2.45, 2.75) is 0 Å². The number of methoxy groups -OCH3 is 1. The molecular formula is C10H15BNO4. The molecule has 0 saturated heterocycles. The van der Waals surface area contributed by atoms with Crippen molar-refractivity contribution in [3.8, 4) is 0 Å². The molecule has 0 aliphatic rings. The molecule has 0 aliphatic heterocycles. The number of carbonyl (C=O) groups excluding carboxylic acids is 1. The van der Waals surface area contributed by atoms with E-state index in [-0.39, 0.29) is 13.6 Å². The summed E-state index contributed by atoms with van der Waals surface area (Å²) in [4.78, 5) is 11.4. The fraction of sp³-hybridized carbons (Fsp3) is 0.300. The van der Waals surface area contributed by atoms with Gasteiger partial charge < -0.3 is 20.1 Å². The third kappa shape index (κ3) is 7.00. The molecule has 0 unspecified atom stereocenters. The summed E-state index contributed by atoms with van der Waals surface area (Å²) < 4.78 is 4.81. The number of amides is 1. The van der Waals surface area contributed by atoms with Gasteiger partial charge in [-0.2, -0.15) is 0 Å². The smallest absolute Gasteiger partial charge is 0.429 e. The maximum atomic E-state index is 11.4. The lowest BCUT2D eigenvalue weighted by molar-refractivity contribution is 0.0937. The molecule has 3 N–H and O–H groups in total. The fourth-order valence-electron chi connectivity index (χ4n) is 0.958. The van der Waals surface area contributed by atoms with Crippen molar-refractivity contribution in [2.75, 3.05) is 20.3 Å². The number of ether oxygens (including phenoxy) is 1. The molecule has 1 amide bonds. The summed E-state index contributed by atoms with van der Waals surface area (Å²) in [6, 6.07) is 9.12. The first kappa shape index (κ1) is 14.6. The predicted octanol–water partition coefficient (Wildman–Crippen LogP) is -0.432. The second-order valence-corrected chi connectivity index (χ2v) is 2.73. The lowest BCUT2D eigenvalue weighted by Gasteiger charge is -2.03. The first-order chi connectivity index (χ1) is 7.76. The van der Waals surface area contributed by atoms with Crippen molar-refractivity contribution in [1.82, 2.24) is 5.32 Å². The van der Waals surface area contributed by atoms with Crippen LogP contribution >= 0.6 is 0 Å². The molecule has 0 atom stereocenters. The first-order valence-electron chi connectivity index (χ1n) is 4.68. The Labute approximate surface area is 95.4 Å². The fourth-order valence-corrected chi connectivity index (χ4v) is 0.958. The molecule has 1 rings (SSSR count). The van der Waals surface area contributed by atoms with E-state index in [1.807, 2.05) is 18.2 Å². The zero-order valence-corrected chi connectivity index (χ0v) is 9.09. The zero-order chi connectivity index (χ0) is 12.2. The lowest BCUT2D eigenvalue weighted by atomic mass is 10.2. The van der Waals surface area contributed by atoms with E-state index in [4.69, 9.17) is 14.8 Å². The van der Waals surface area contributed by atoms with Crippen LogP contribution in [0.4, 0.5) is 0 Å². The number of carbonyl (C=O) groups is 1. The van der Waals surface area contributed by atoms with Crippen LogP contribution in [0, 0.1) is 0 Å². The molecule has 6 heteroatoms. The minimum atomic E-state index is -0.0577. The number of benzene rings is 1. The van der Waals surface area contributed by atoms with Gasteiger partial charge in [-0.3, -0.25) is 4.79 Å². The molecule has 1 radical (unpaired) electrons. The molecule has 0 aliphatic carbocycles. The quantitative estimate of drug-likeness (QED) is 0.479. The minimum Gasteiger partial charge on any atom is -0.429 e. The lowest BCUT2D eigenvalue weighted by Crippen LogP contribution is -2.26. The molecule has 0 bridgehead atoms. The molecular weight excluding hydrogens is 209 g/mol. The third-order valence-electron chi connectivity index (χ3n) is 1.63.